The van der Waals surface area contributed by atoms with E-state index in [-0.39, 0.29) is 6.54 Å². The maximum atomic E-state index is 13.1. The standard InChI is InChI=1S/C17H16FN3O4/c1-17(11-4-6-12(18)7-5-11)15(23)21(16(24)20-17)10-14(22)19-9-13-3-2-8-25-13/h2-8H,9-10H2,1H3,(H,19,22)(H,20,24)/t17-/m1/s1. The van der Waals surface area contributed by atoms with Crippen LogP contribution < -0.4 is 10.6 Å². The highest BCUT2D eigenvalue weighted by molar-refractivity contribution is 6.09. The van der Waals surface area contributed by atoms with E-state index in [1.165, 1.54) is 37.5 Å². The van der Waals surface area contributed by atoms with Gasteiger partial charge in [0.05, 0.1) is 12.8 Å². The van der Waals surface area contributed by atoms with Gasteiger partial charge in [-0.05, 0) is 36.8 Å². The third-order valence-electron chi connectivity index (χ3n) is 4.04. The van der Waals surface area contributed by atoms with Gasteiger partial charge < -0.3 is 15.1 Å². The summed E-state index contributed by atoms with van der Waals surface area (Å²) in [5, 5.41) is 5.13. The number of amides is 4. The topological polar surface area (TPSA) is 91.7 Å². The van der Waals surface area contributed by atoms with Crippen molar-refractivity contribution in [1.82, 2.24) is 15.5 Å². The predicted molar refractivity (Wildman–Crippen MR) is 84.6 cm³/mol. The smallest absolute Gasteiger partial charge is 0.325 e. The number of hydrogen-bond donors (Lipinski definition) is 2. The first-order valence-corrected chi connectivity index (χ1v) is 7.59. The zero-order valence-electron chi connectivity index (χ0n) is 13.4. The minimum Gasteiger partial charge on any atom is -0.467 e. The van der Waals surface area contributed by atoms with Gasteiger partial charge in [0.15, 0.2) is 0 Å². The zero-order chi connectivity index (χ0) is 18.0. The molecule has 0 aliphatic carbocycles. The number of imide groups is 1. The van der Waals surface area contributed by atoms with Crippen LogP contribution >= 0.6 is 0 Å². The maximum Gasteiger partial charge on any atom is 0.325 e. The van der Waals surface area contributed by atoms with Crippen LogP contribution in [0.3, 0.4) is 0 Å². The van der Waals surface area contributed by atoms with Crippen molar-refractivity contribution < 1.29 is 23.2 Å². The van der Waals surface area contributed by atoms with E-state index < -0.39 is 35.7 Å². The average molecular weight is 345 g/mol. The lowest BCUT2D eigenvalue weighted by Crippen LogP contribution is -2.43. The molecule has 1 saturated heterocycles. The van der Waals surface area contributed by atoms with Crippen LogP contribution in [-0.4, -0.2) is 29.3 Å². The van der Waals surface area contributed by atoms with Crippen molar-refractivity contribution in [2.75, 3.05) is 6.54 Å². The molecule has 3 rings (SSSR count). The van der Waals surface area contributed by atoms with Crippen LogP contribution in [0.4, 0.5) is 9.18 Å². The molecule has 0 radical (unpaired) electrons. The Kier molecular flexibility index (Phi) is 4.26. The fourth-order valence-corrected chi connectivity index (χ4v) is 2.62. The minimum absolute atomic E-state index is 0.157. The molecule has 0 saturated carbocycles. The summed E-state index contributed by atoms with van der Waals surface area (Å²) >= 11 is 0. The van der Waals surface area contributed by atoms with Crippen molar-refractivity contribution in [3.05, 3.63) is 59.8 Å². The van der Waals surface area contributed by atoms with Gasteiger partial charge in [0.2, 0.25) is 5.91 Å². The highest BCUT2D eigenvalue weighted by Gasteiger charge is 2.49. The van der Waals surface area contributed by atoms with E-state index in [0.717, 1.165) is 4.90 Å². The molecular weight excluding hydrogens is 329 g/mol. The molecule has 0 spiro atoms. The van der Waals surface area contributed by atoms with Gasteiger partial charge in [-0.15, -0.1) is 0 Å². The summed E-state index contributed by atoms with van der Waals surface area (Å²) < 4.78 is 18.2. The number of carbonyl (C=O) groups excluding carboxylic acids is 3. The lowest BCUT2D eigenvalue weighted by atomic mass is 9.92. The number of urea groups is 1. The summed E-state index contributed by atoms with van der Waals surface area (Å²) in [5.74, 6) is -0.958. The average Bonchev–Trinajstić information content (AvgIpc) is 3.17. The van der Waals surface area contributed by atoms with Crippen LogP contribution in [0, 0.1) is 5.82 Å². The van der Waals surface area contributed by atoms with E-state index >= 15 is 0 Å². The van der Waals surface area contributed by atoms with Crippen molar-refractivity contribution in [2.45, 2.75) is 19.0 Å². The number of hydrogen-bond acceptors (Lipinski definition) is 4. The van der Waals surface area contributed by atoms with Gasteiger partial charge in [-0.2, -0.15) is 0 Å². The molecule has 1 aliphatic rings. The van der Waals surface area contributed by atoms with Gasteiger partial charge >= 0.3 is 6.03 Å². The predicted octanol–water partition coefficient (Wildman–Crippen LogP) is 1.50. The number of carbonyl (C=O) groups is 3. The second-order valence-electron chi connectivity index (χ2n) is 5.81. The first-order chi connectivity index (χ1) is 11.9. The molecular formula is C17H16FN3O4. The SMILES string of the molecule is C[C@]1(c2ccc(F)cc2)NC(=O)N(CC(=O)NCc2ccco2)C1=O. The fraction of sp³-hybridized carbons (Fsp3) is 0.235. The zero-order valence-corrected chi connectivity index (χ0v) is 13.4. The molecule has 0 unspecified atom stereocenters. The first kappa shape index (κ1) is 16.7. The van der Waals surface area contributed by atoms with Crippen LogP contribution in [0.25, 0.3) is 0 Å². The highest BCUT2D eigenvalue weighted by Crippen LogP contribution is 2.28. The second kappa shape index (κ2) is 6.39. The Morgan fingerprint density at radius 1 is 1.28 bits per heavy atom. The molecule has 7 nitrogen and oxygen atoms in total. The van der Waals surface area contributed by atoms with Gasteiger partial charge in [0.1, 0.15) is 23.7 Å². The first-order valence-electron chi connectivity index (χ1n) is 7.59. The second-order valence-corrected chi connectivity index (χ2v) is 5.81. The van der Waals surface area contributed by atoms with Gasteiger partial charge in [-0.1, -0.05) is 12.1 Å². The Balaban J connectivity index is 1.68. The molecule has 2 heterocycles. The van der Waals surface area contributed by atoms with E-state index in [1.54, 1.807) is 12.1 Å². The number of benzene rings is 1. The van der Waals surface area contributed by atoms with Crippen LogP contribution in [0.2, 0.25) is 0 Å². The van der Waals surface area contributed by atoms with E-state index in [0.29, 0.717) is 11.3 Å². The van der Waals surface area contributed by atoms with Crippen molar-refractivity contribution in [1.29, 1.82) is 0 Å². The molecule has 0 bridgehead atoms. The van der Waals surface area contributed by atoms with Crippen molar-refractivity contribution >= 4 is 17.8 Å². The third kappa shape index (κ3) is 3.23. The van der Waals surface area contributed by atoms with Gasteiger partial charge in [0.25, 0.3) is 5.91 Å². The van der Waals surface area contributed by atoms with Crippen LogP contribution in [0.5, 0.6) is 0 Å². The summed E-state index contributed by atoms with van der Waals surface area (Å²) in [6, 6.07) is 7.97. The Labute approximate surface area is 142 Å². The lowest BCUT2D eigenvalue weighted by Gasteiger charge is -2.22. The van der Waals surface area contributed by atoms with Crippen molar-refractivity contribution in [3.63, 3.8) is 0 Å². The van der Waals surface area contributed by atoms with Crippen LogP contribution in [-0.2, 0) is 21.7 Å². The maximum absolute atomic E-state index is 13.1. The fourth-order valence-electron chi connectivity index (χ4n) is 2.62. The van der Waals surface area contributed by atoms with Gasteiger partial charge in [-0.3, -0.25) is 14.5 Å². The Morgan fingerprint density at radius 2 is 2.00 bits per heavy atom. The molecule has 130 valence electrons. The Bertz CT molecular complexity index is 804. The van der Waals surface area contributed by atoms with E-state index in [4.69, 9.17) is 4.42 Å². The molecule has 1 atom stereocenters. The van der Waals surface area contributed by atoms with E-state index in [2.05, 4.69) is 10.6 Å². The molecule has 2 aromatic rings. The molecule has 2 N–H and O–H groups in total. The molecule has 1 aliphatic heterocycles. The summed E-state index contributed by atoms with van der Waals surface area (Å²) in [4.78, 5) is 37.6. The Hall–Kier alpha value is -3.16. The number of halogens is 1. The highest BCUT2D eigenvalue weighted by atomic mass is 19.1. The number of furan rings is 1. The Morgan fingerprint density at radius 3 is 2.64 bits per heavy atom. The minimum atomic E-state index is -1.34. The van der Waals surface area contributed by atoms with E-state index in [1.807, 2.05) is 0 Å². The third-order valence-corrected chi connectivity index (χ3v) is 4.04. The van der Waals surface area contributed by atoms with Gasteiger partial charge in [0, 0.05) is 0 Å². The molecule has 8 heteroatoms. The number of nitrogens with zero attached hydrogens (tertiary/aromatic N) is 1. The molecule has 4 amide bonds. The van der Waals surface area contributed by atoms with E-state index in [9.17, 15) is 18.8 Å². The van der Waals surface area contributed by atoms with Crippen LogP contribution in [0.1, 0.15) is 18.2 Å². The summed E-state index contributed by atoms with van der Waals surface area (Å²) in [6.45, 7) is 1.26. The molecule has 1 aromatic carbocycles. The van der Waals surface area contributed by atoms with Crippen molar-refractivity contribution in [3.8, 4) is 0 Å². The molecule has 25 heavy (non-hydrogen) atoms. The molecule has 1 aromatic heterocycles. The quantitative estimate of drug-likeness (QED) is 0.804. The summed E-state index contributed by atoms with van der Waals surface area (Å²) in [7, 11) is 0. The lowest BCUT2D eigenvalue weighted by molar-refractivity contribution is -0.134. The summed E-state index contributed by atoms with van der Waals surface area (Å²) in [5.41, 5.74) is -0.905. The number of nitrogens with one attached hydrogen (secondary N) is 2. The normalized spacial score (nSPS) is 19.8. The monoisotopic (exact) mass is 345 g/mol. The van der Waals surface area contributed by atoms with Crippen LogP contribution in [0.15, 0.2) is 47.1 Å². The van der Waals surface area contributed by atoms with Crippen molar-refractivity contribution in [2.24, 2.45) is 0 Å². The van der Waals surface area contributed by atoms with Gasteiger partial charge in [-0.25, -0.2) is 9.18 Å². The largest absolute Gasteiger partial charge is 0.467 e. The summed E-state index contributed by atoms with van der Waals surface area (Å²) in [6.07, 6.45) is 1.48. The molecule has 1 fully saturated rings. The number of rotatable bonds is 5.